The van der Waals surface area contributed by atoms with Gasteiger partial charge in [-0.1, -0.05) is 61.2 Å². The summed E-state index contributed by atoms with van der Waals surface area (Å²) in [7, 11) is 1.64. The van der Waals surface area contributed by atoms with Crippen molar-refractivity contribution in [1.29, 1.82) is 0 Å². The Morgan fingerprint density at radius 1 is 1.11 bits per heavy atom. The van der Waals surface area contributed by atoms with E-state index in [0.29, 0.717) is 23.9 Å². The minimum absolute atomic E-state index is 0.00830. The van der Waals surface area contributed by atoms with E-state index in [4.69, 9.17) is 4.74 Å². The highest BCUT2D eigenvalue weighted by Gasteiger charge is 2.18. The molecule has 0 saturated carbocycles. The van der Waals surface area contributed by atoms with Crippen molar-refractivity contribution in [1.82, 2.24) is 20.1 Å². The summed E-state index contributed by atoms with van der Waals surface area (Å²) in [5, 5.41) is 12.3. The van der Waals surface area contributed by atoms with E-state index in [1.54, 1.807) is 7.11 Å². The molecular formula is C21H24N4O2S. The quantitative estimate of drug-likeness (QED) is 0.561. The van der Waals surface area contributed by atoms with Crippen LogP contribution in [0.4, 0.5) is 0 Å². The van der Waals surface area contributed by atoms with Gasteiger partial charge in [0, 0.05) is 13.0 Å². The first-order chi connectivity index (χ1) is 13.7. The molecule has 0 aliphatic heterocycles. The number of thioether (sulfide) groups is 1. The molecule has 146 valence electrons. The van der Waals surface area contributed by atoms with E-state index in [1.807, 2.05) is 54.0 Å². The summed E-state index contributed by atoms with van der Waals surface area (Å²) < 4.78 is 7.52. The number of hydrogen-bond acceptors (Lipinski definition) is 5. The molecule has 0 fully saturated rings. The highest BCUT2D eigenvalue weighted by molar-refractivity contribution is 7.99. The van der Waals surface area contributed by atoms with Gasteiger partial charge in [0.2, 0.25) is 5.91 Å². The van der Waals surface area contributed by atoms with E-state index in [0.717, 1.165) is 29.2 Å². The molecular weight excluding hydrogens is 372 g/mol. The molecule has 0 bridgehead atoms. The fraction of sp³-hybridized carbons (Fsp3) is 0.286. The second kappa shape index (κ2) is 9.94. The average Bonchev–Trinajstić information content (AvgIpc) is 3.13. The van der Waals surface area contributed by atoms with Crippen LogP contribution in [0.25, 0.3) is 5.69 Å². The lowest BCUT2D eigenvalue weighted by molar-refractivity contribution is -0.118. The fourth-order valence-electron chi connectivity index (χ4n) is 2.79. The number of rotatable bonds is 9. The first-order valence-electron chi connectivity index (χ1n) is 9.24. The van der Waals surface area contributed by atoms with Gasteiger partial charge in [0.15, 0.2) is 5.16 Å². The lowest BCUT2D eigenvalue weighted by atomic mass is 10.1. The molecule has 0 saturated heterocycles. The molecule has 2 aromatic carbocycles. The summed E-state index contributed by atoms with van der Waals surface area (Å²) in [6.07, 6.45) is 1.55. The second-order valence-electron chi connectivity index (χ2n) is 6.21. The summed E-state index contributed by atoms with van der Waals surface area (Å²) in [6, 6.07) is 17.9. The Morgan fingerprint density at radius 2 is 1.86 bits per heavy atom. The van der Waals surface area contributed by atoms with Gasteiger partial charge >= 0.3 is 0 Å². The largest absolute Gasteiger partial charge is 0.495 e. The van der Waals surface area contributed by atoms with Crippen molar-refractivity contribution in [3.8, 4) is 11.4 Å². The first kappa shape index (κ1) is 19.9. The number of aromatic nitrogens is 3. The van der Waals surface area contributed by atoms with E-state index in [-0.39, 0.29) is 5.91 Å². The Hall–Kier alpha value is -2.80. The molecule has 0 radical (unpaired) electrons. The van der Waals surface area contributed by atoms with Crippen molar-refractivity contribution in [2.45, 2.75) is 24.9 Å². The lowest BCUT2D eigenvalue weighted by Gasteiger charge is -2.14. The van der Waals surface area contributed by atoms with Crippen molar-refractivity contribution in [3.05, 3.63) is 66.0 Å². The number of carbonyl (C=O) groups is 1. The predicted octanol–water partition coefficient (Wildman–Crippen LogP) is 3.49. The third-order valence-corrected chi connectivity index (χ3v) is 5.06. The van der Waals surface area contributed by atoms with Crippen LogP contribution in [0.2, 0.25) is 0 Å². The number of nitrogens with zero attached hydrogens (tertiary/aromatic N) is 3. The third kappa shape index (κ3) is 4.92. The van der Waals surface area contributed by atoms with Crippen LogP contribution < -0.4 is 10.1 Å². The number of carbonyl (C=O) groups excluding carboxylic acids is 1. The van der Waals surface area contributed by atoms with E-state index >= 15 is 0 Å². The Labute approximate surface area is 169 Å². The zero-order valence-electron chi connectivity index (χ0n) is 16.1. The maximum absolute atomic E-state index is 12.0. The summed E-state index contributed by atoms with van der Waals surface area (Å²) in [6.45, 7) is 2.71. The van der Waals surface area contributed by atoms with Gasteiger partial charge in [-0.25, -0.2) is 0 Å². The molecule has 1 amide bonds. The maximum atomic E-state index is 12.0. The van der Waals surface area contributed by atoms with E-state index < -0.39 is 0 Å². The SMILES string of the molecule is CCCNC(=O)CSc1nnc(Cc2ccccc2)n1-c1ccccc1OC. The second-order valence-corrected chi connectivity index (χ2v) is 7.15. The Bertz CT molecular complexity index is 912. The molecule has 6 nitrogen and oxygen atoms in total. The topological polar surface area (TPSA) is 69.0 Å². The molecule has 0 aliphatic rings. The highest BCUT2D eigenvalue weighted by atomic mass is 32.2. The van der Waals surface area contributed by atoms with E-state index in [9.17, 15) is 4.79 Å². The molecule has 0 atom stereocenters. The van der Waals surface area contributed by atoms with Crippen molar-refractivity contribution in [2.75, 3.05) is 19.4 Å². The van der Waals surface area contributed by atoms with Gasteiger partial charge in [-0.2, -0.15) is 0 Å². The fourth-order valence-corrected chi connectivity index (χ4v) is 3.58. The minimum atomic E-state index is -0.00830. The number of ether oxygens (including phenoxy) is 1. The average molecular weight is 397 g/mol. The maximum Gasteiger partial charge on any atom is 0.230 e. The number of nitrogens with one attached hydrogen (secondary N) is 1. The number of hydrogen-bond donors (Lipinski definition) is 1. The molecule has 0 aliphatic carbocycles. The Morgan fingerprint density at radius 3 is 2.61 bits per heavy atom. The zero-order valence-corrected chi connectivity index (χ0v) is 16.9. The Kier molecular flexibility index (Phi) is 7.08. The van der Waals surface area contributed by atoms with Crippen molar-refractivity contribution in [2.24, 2.45) is 0 Å². The van der Waals surface area contributed by atoms with Crippen LogP contribution in [0, 0.1) is 0 Å². The molecule has 7 heteroatoms. The van der Waals surface area contributed by atoms with E-state index in [2.05, 4.69) is 27.6 Å². The molecule has 0 unspecified atom stereocenters. The molecule has 0 spiro atoms. The van der Waals surface area contributed by atoms with Crippen LogP contribution in [-0.2, 0) is 11.2 Å². The summed E-state index contributed by atoms with van der Waals surface area (Å²) in [4.78, 5) is 12.0. The van der Waals surface area contributed by atoms with Crippen LogP contribution in [-0.4, -0.2) is 40.1 Å². The van der Waals surface area contributed by atoms with Crippen LogP contribution >= 0.6 is 11.8 Å². The molecule has 1 heterocycles. The van der Waals surface area contributed by atoms with Crippen molar-refractivity contribution >= 4 is 17.7 Å². The third-order valence-electron chi connectivity index (χ3n) is 4.14. The van der Waals surface area contributed by atoms with Crippen molar-refractivity contribution < 1.29 is 9.53 Å². The molecule has 28 heavy (non-hydrogen) atoms. The van der Waals surface area contributed by atoms with Crippen LogP contribution in [0.3, 0.4) is 0 Å². The van der Waals surface area contributed by atoms with E-state index in [1.165, 1.54) is 11.8 Å². The van der Waals surface area contributed by atoms with Crippen LogP contribution in [0.1, 0.15) is 24.7 Å². The number of methoxy groups -OCH3 is 1. The monoisotopic (exact) mass is 396 g/mol. The number of amides is 1. The van der Waals surface area contributed by atoms with Gasteiger partial charge in [0.1, 0.15) is 11.6 Å². The molecule has 3 rings (SSSR count). The summed E-state index contributed by atoms with van der Waals surface area (Å²) in [5.41, 5.74) is 2.00. The Balaban J connectivity index is 1.92. The summed E-state index contributed by atoms with van der Waals surface area (Å²) in [5.74, 6) is 1.81. The standard InChI is InChI=1S/C21H24N4O2S/c1-3-13-22-20(26)15-28-21-24-23-19(14-16-9-5-4-6-10-16)25(21)17-11-7-8-12-18(17)27-2/h4-12H,3,13-15H2,1-2H3,(H,22,26). The normalized spacial score (nSPS) is 10.6. The predicted molar refractivity (Wildman–Crippen MR) is 111 cm³/mol. The van der Waals surface area contributed by atoms with Crippen molar-refractivity contribution in [3.63, 3.8) is 0 Å². The van der Waals surface area contributed by atoms with Crippen LogP contribution in [0.15, 0.2) is 59.8 Å². The number of benzene rings is 2. The van der Waals surface area contributed by atoms with Gasteiger partial charge in [-0.05, 0) is 24.1 Å². The van der Waals surface area contributed by atoms with Gasteiger partial charge in [0.25, 0.3) is 0 Å². The lowest BCUT2D eigenvalue weighted by Crippen LogP contribution is -2.25. The van der Waals surface area contributed by atoms with Gasteiger partial charge in [-0.15, -0.1) is 10.2 Å². The smallest absolute Gasteiger partial charge is 0.230 e. The zero-order chi connectivity index (χ0) is 19.8. The first-order valence-corrected chi connectivity index (χ1v) is 10.2. The number of para-hydroxylation sites is 2. The van der Waals surface area contributed by atoms with Gasteiger partial charge in [-0.3, -0.25) is 9.36 Å². The minimum Gasteiger partial charge on any atom is -0.495 e. The summed E-state index contributed by atoms with van der Waals surface area (Å²) >= 11 is 1.37. The van der Waals surface area contributed by atoms with Gasteiger partial charge in [0.05, 0.1) is 18.6 Å². The molecule has 1 aromatic heterocycles. The molecule has 3 aromatic rings. The highest BCUT2D eigenvalue weighted by Crippen LogP contribution is 2.29. The van der Waals surface area contributed by atoms with Crippen LogP contribution in [0.5, 0.6) is 5.75 Å². The van der Waals surface area contributed by atoms with Gasteiger partial charge < -0.3 is 10.1 Å². The molecule has 1 N–H and O–H groups in total.